The predicted octanol–water partition coefficient (Wildman–Crippen LogP) is 2.76. The molecule has 2 amide bonds. The lowest BCUT2D eigenvalue weighted by Gasteiger charge is -2.33. The van der Waals surface area contributed by atoms with Crippen molar-refractivity contribution >= 4 is 23.6 Å². The molecule has 3 N–H and O–H groups in total. The smallest absolute Gasteiger partial charge is 0.346 e. The lowest BCUT2D eigenvalue weighted by atomic mass is 9.93. The molecule has 1 fully saturated rings. The fraction of sp³-hybridized carbons (Fsp3) is 0.368. The highest BCUT2D eigenvalue weighted by molar-refractivity contribution is 8.00. The Labute approximate surface area is 179 Å². The molecule has 7 nitrogen and oxygen atoms in total. The highest BCUT2D eigenvalue weighted by Gasteiger charge is 2.36. The van der Waals surface area contributed by atoms with Crippen molar-refractivity contribution in [1.29, 1.82) is 0 Å². The zero-order chi connectivity index (χ0) is 22.8. The first-order valence-electron chi connectivity index (χ1n) is 9.15. The minimum atomic E-state index is -4.61. The van der Waals surface area contributed by atoms with Crippen molar-refractivity contribution < 1.29 is 27.2 Å². The third-order valence-electron chi connectivity index (χ3n) is 4.54. The number of benzene rings is 1. The van der Waals surface area contributed by atoms with E-state index in [2.05, 4.69) is 25.9 Å². The summed E-state index contributed by atoms with van der Waals surface area (Å²) in [5, 5.41) is 8.31. The number of rotatable bonds is 5. The maximum absolute atomic E-state index is 14.2. The highest BCUT2D eigenvalue weighted by atomic mass is 32.2. The zero-order valence-corrected chi connectivity index (χ0v) is 17.3. The molecule has 2 unspecified atom stereocenters. The van der Waals surface area contributed by atoms with Gasteiger partial charge in [-0.25, -0.2) is 14.4 Å². The molecule has 0 bridgehead atoms. The number of carbonyl (C=O) groups excluding carboxylic acids is 2. The van der Waals surface area contributed by atoms with E-state index in [1.165, 1.54) is 18.5 Å². The van der Waals surface area contributed by atoms with Gasteiger partial charge in [0.15, 0.2) is 5.82 Å². The minimum Gasteiger partial charge on any atom is -0.346 e. The summed E-state index contributed by atoms with van der Waals surface area (Å²) in [6.45, 7) is 3.16. The Kier molecular flexibility index (Phi) is 6.51. The van der Waals surface area contributed by atoms with Crippen LogP contribution in [0.25, 0.3) is 0 Å². The summed E-state index contributed by atoms with van der Waals surface area (Å²) in [6, 6.07) is 3.99. The number of thioether (sulfide) groups is 1. The highest BCUT2D eigenvalue weighted by Crippen LogP contribution is 2.39. The number of hydrogen-bond donors (Lipinski definition) is 3. The van der Waals surface area contributed by atoms with Gasteiger partial charge in [-0.1, -0.05) is 6.07 Å². The summed E-state index contributed by atoms with van der Waals surface area (Å²) in [6.07, 6.45) is 2.09. The maximum Gasteiger partial charge on any atom is 0.446 e. The Hall–Kier alpha value is -2.73. The van der Waals surface area contributed by atoms with E-state index in [0.29, 0.717) is 0 Å². The van der Waals surface area contributed by atoms with E-state index >= 15 is 0 Å². The van der Waals surface area contributed by atoms with Crippen LogP contribution in [0.5, 0.6) is 0 Å². The molecule has 0 radical (unpaired) electrons. The summed E-state index contributed by atoms with van der Waals surface area (Å²) in [5.74, 6) is -1.67. The van der Waals surface area contributed by atoms with Gasteiger partial charge >= 0.3 is 5.51 Å². The molecule has 0 saturated carbocycles. The van der Waals surface area contributed by atoms with Crippen LogP contribution in [-0.4, -0.2) is 33.3 Å². The van der Waals surface area contributed by atoms with E-state index in [1.807, 2.05) is 0 Å². The van der Waals surface area contributed by atoms with Gasteiger partial charge in [-0.05, 0) is 49.4 Å². The number of alkyl halides is 3. The van der Waals surface area contributed by atoms with Gasteiger partial charge in [0.25, 0.3) is 0 Å². The van der Waals surface area contributed by atoms with Crippen molar-refractivity contribution in [3.8, 4) is 0 Å². The van der Waals surface area contributed by atoms with Gasteiger partial charge in [0.2, 0.25) is 11.8 Å². The van der Waals surface area contributed by atoms with E-state index in [0.717, 1.165) is 12.1 Å². The van der Waals surface area contributed by atoms with E-state index in [1.54, 1.807) is 19.9 Å². The number of carbonyl (C=O) groups is 2. The largest absolute Gasteiger partial charge is 0.446 e. The molecule has 1 aliphatic heterocycles. The molecule has 31 heavy (non-hydrogen) atoms. The fourth-order valence-electron chi connectivity index (χ4n) is 3.04. The van der Waals surface area contributed by atoms with Gasteiger partial charge in [-0.2, -0.15) is 13.2 Å². The average Bonchev–Trinajstić information content (AvgIpc) is 2.68. The van der Waals surface area contributed by atoms with Crippen molar-refractivity contribution in [2.24, 2.45) is 0 Å². The summed E-state index contributed by atoms with van der Waals surface area (Å²) in [5.41, 5.74) is -5.46. The number of amides is 2. The van der Waals surface area contributed by atoms with Crippen LogP contribution in [0.1, 0.15) is 37.8 Å². The molecule has 1 aliphatic rings. The normalized spacial score (nSPS) is 19.6. The van der Waals surface area contributed by atoms with Crippen molar-refractivity contribution in [2.45, 2.75) is 48.4 Å². The van der Waals surface area contributed by atoms with E-state index in [4.69, 9.17) is 0 Å². The Balaban J connectivity index is 1.72. The Bertz CT molecular complexity index is 972. The Morgan fingerprint density at radius 2 is 1.90 bits per heavy atom. The molecule has 0 spiro atoms. The summed E-state index contributed by atoms with van der Waals surface area (Å²) >= 11 is -0.547. The van der Waals surface area contributed by atoms with Crippen LogP contribution in [-0.2, 0) is 15.1 Å². The lowest BCUT2D eigenvalue weighted by Crippen LogP contribution is -2.58. The molecule has 1 aromatic carbocycles. The molecule has 1 saturated heterocycles. The summed E-state index contributed by atoms with van der Waals surface area (Å²) < 4.78 is 51.7. The standard InChI is InChI=1S/C19H19F4N5O2S/c1-18(2,10-4-5-13(11(20)8-10)31-19(21,22)23)28-17(30)12-9-14(29)27-16(26-12)15-24-6-3-7-25-15/h3-8,12,16,26H,9H2,1-2H3,(H,27,29)(H,28,30). The first kappa shape index (κ1) is 22.9. The van der Waals surface area contributed by atoms with E-state index in [-0.39, 0.29) is 23.7 Å². The Morgan fingerprint density at radius 1 is 1.23 bits per heavy atom. The molecule has 2 heterocycles. The van der Waals surface area contributed by atoms with Gasteiger partial charge in [-0.15, -0.1) is 0 Å². The number of halogens is 4. The molecule has 12 heteroatoms. The van der Waals surface area contributed by atoms with Gasteiger partial charge in [-0.3, -0.25) is 14.9 Å². The van der Waals surface area contributed by atoms with Crippen molar-refractivity contribution in [1.82, 2.24) is 25.9 Å². The van der Waals surface area contributed by atoms with Crippen LogP contribution in [0.3, 0.4) is 0 Å². The number of hydrogen-bond acceptors (Lipinski definition) is 6. The van der Waals surface area contributed by atoms with E-state index < -0.39 is 51.6 Å². The third-order valence-corrected chi connectivity index (χ3v) is 5.32. The number of nitrogens with one attached hydrogen (secondary N) is 3. The first-order chi connectivity index (χ1) is 14.4. The van der Waals surface area contributed by atoms with Crippen molar-refractivity contribution in [3.63, 3.8) is 0 Å². The molecule has 2 atom stereocenters. The quantitative estimate of drug-likeness (QED) is 0.472. The van der Waals surface area contributed by atoms with E-state index in [9.17, 15) is 27.2 Å². The zero-order valence-electron chi connectivity index (χ0n) is 16.5. The molecule has 166 valence electrons. The van der Waals surface area contributed by atoms with Gasteiger partial charge < -0.3 is 10.6 Å². The van der Waals surface area contributed by atoms with Gasteiger partial charge in [0.05, 0.1) is 22.9 Å². The average molecular weight is 457 g/mol. The van der Waals surface area contributed by atoms with Crippen molar-refractivity contribution in [3.05, 3.63) is 53.9 Å². The van der Waals surface area contributed by atoms with Gasteiger partial charge in [0.1, 0.15) is 12.0 Å². The third kappa shape index (κ3) is 5.91. The molecular weight excluding hydrogens is 438 g/mol. The summed E-state index contributed by atoms with van der Waals surface area (Å²) in [7, 11) is 0. The lowest BCUT2D eigenvalue weighted by molar-refractivity contribution is -0.133. The molecule has 1 aromatic heterocycles. The summed E-state index contributed by atoms with van der Waals surface area (Å²) in [4.78, 5) is 32.4. The SMILES string of the molecule is CC(C)(NC(=O)C1CC(=O)NC(c2ncccn2)N1)c1ccc(SC(F)(F)F)c(F)c1. The van der Waals surface area contributed by atoms with Crippen LogP contribution >= 0.6 is 11.8 Å². The molecular formula is C19H19F4N5O2S. The topological polar surface area (TPSA) is 96.0 Å². The van der Waals surface area contributed by atoms with Crippen LogP contribution in [0, 0.1) is 5.82 Å². The van der Waals surface area contributed by atoms with Crippen LogP contribution in [0.4, 0.5) is 17.6 Å². The monoisotopic (exact) mass is 457 g/mol. The predicted molar refractivity (Wildman–Crippen MR) is 104 cm³/mol. The fourth-order valence-corrected chi connectivity index (χ4v) is 3.58. The van der Waals surface area contributed by atoms with Crippen LogP contribution in [0.2, 0.25) is 0 Å². The number of aromatic nitrogens is 2. The molecule has 3 rings (SSSR count). The Morgan fingerprint density at radius 3 is 2.52 bits per heavy atom. The van der Waals surface area contributed by atoms with Gasteiger partial charge in [0, 0.05) is 12.4 Å². The second-order valence-corrected chi connectivity index (χ2v) is 8.45. The molecule has 0 aliphatic carbocycles. The second-order valence-electron chi connectivity index (χ2n) is 7.34. The first-order valence-corrected chi connectivity index (χ1v) is 9.96. The van der Waals surface area contributed by atoms with Crippen molar-refractivity contribution in [2.75, 3.05) is 0 Å². The van der Waals surface area contributed by atoms with Crippen LogP contribution < -0.4 is 16.0 Å². The second kappa shape index (κ2) is 8.79. The molecule has 2 aromatic rings. The number of nitrogens with zero attached hydrogens (tertiary/aromatic N) is 2. The maximum atomic E-state index is 14.2. The van der Waals surface area contributed by atoms with Crippen LogP contribution in [0.15, 0.2) is 41.6 Å². The minimum absolute atomic E-state index is 0.138.